The van der Waals surface area contributed by atoms with Crippen molar-refractivity contribution in [2.45, 2.75) is 12.1 Å². The number of rotatable bonds is 5. The van der Waals surface area contributed by atoms with Crippen molar-refractivity contribution in [1.82, 2.24) is 20.2 Å². The molecular weight excluding hydrogens is 264 g/mol. The van der Waals surface area contributed by atoms with Gasteiger partial charge in [-0.2, -0.15) is 4.68 Å². The van der Waals surface area contributed by atoms with Gasteiger partial charge in [0, 0.05) is 11.8 Å². The fourth-order valence-corrected chi connectivity index (χ4v) is 2.23. The minimum absolute atomic E-state index is 0.527. The minimum Gasteiger partial charge on any atom is -0.478 e. The van der Waals surface area contributed by atoms with Crippen LogP contribution in [0.1, 0.15) is 6.92 Å². The van der Waals surface area contributed by atoms with Crippen molar-refractivity contribution in [2.24, 2.45) is 0 Å². The summed E-state index contributed by atoms with van der Waals surface area (Å²) < 4.78 is 1.62. The number of carboxylic acid groups (broad SMARTS) is 1. The number of benzene rings is 1. The third-order valence-electron chi connectivity index (χ3n) is 2.24. The highest BCUT2D eigenvalue weighted by molar-refractivity contribution is 7.99. The average molecular weight is 276 g/mol. The number of para-hydroxylation sites is 1. The predicted molar refractivity (Wildman–Crippen MR) is 71.3 cm³/mol. The van der Waals surface area contributed by atoms with Gasteiger partial charge in [0.1, 0.15) is 0 Å². The molecule has 0 saturated carbocycles. The van der Waals surface area contributed by atoms with Crippen LogP contribution in [-0.4, -0.2) is 37.0 Å². The summed E-state index contributed by atoms with van der Waals surface area (Å²) in [6.45, 7) is 1.76. The summed E-state index contributed by atoms with van der Waals surface area (Å²) in [5, 5.41) is 20.8. The van der Waals surface area contributed by atoms with E-state index in [1.165, 1.54) is 17.8 Å². The Morgan fingerprint density at radius 1 is 1.42 bits per heavy atom. The SMILES string of the molecule is CC(=CC(=O)O)CSc1nnnn1-c1ccccc1. The van der Waals surface area contributed by atoms with E-state index in [1.807, 2.05) is 30.3 Å². The van der Waals surface area contributed by atoms with Gasteiger partial charge in [0.15, 0.2) is 0 Å². The van der Waals surface area contributed by atoms with Crippen molar-refractivity contribution in [3.8, 4) is 5.69 Å². The zero-order valence-corrected chi connectivity index (χ0v) is 11.0. The second kappa shape index (κ2) is 6.14. The summed E-state index contributed by atoms with van der Waals surface area (Å²) in [6, 6.07) is 9.53. The van der Waals surface area contributed by atoms with Crippen LogP contribution in [0, 0.1) is 0 Å². The van der Waals surface area contributed by atoms with Gasteiger partial charge in [0.2, 0.25) is 5.16 Å². The predicted octanol–water partition coefficient (Wildman–Crippen LogP) is 1.79. The maximum Gasteiger partial charge on any atom is 0.328 e. The van der Waals surface area contributed by atoms with E-state index in [0.29, 0.717) is 10.9 Å². The summed E-state index contributed by atoms with van der Waals surface area (Å²) in [7, 11) is 0. The number of carboxylic acids is 1. The van der Waals surface area contributed by atoms with Crippen molar-refractivity contribution in [2.75, 3.05) is 5.75 Å². The zero-order chi connectivity index (χ0) is 13.7. The van der Waals surface area contributed by atoms with Gasteiger partial charge in [0.25, 0.3) is 0 Å². The van der Waals surface area contributed by atoms with Gasteiger partial charge in [0.05, 0.1) is 5.69 Å². The molecular formula is C12H12N4O2S. The lowest BCUT2D eigenvalue weighted by molar-refractivity contribution is -0.131. The Bertz CT molecular complexity index is 595. The van der Waals surface area contributed by atoms with E-state index in [2.05, 4.69) is 15.5 Å². The Hall–Kier alpha value is -2.15. The van der Waals surface area contributed by atoms with E-state index in [9.17, 15) is 4.79 Å². The lowest BCUT2D eigenvalue weighted by atomic mass is 10.3. The maximum atomic E-state index is 10.5. The summed E-state index contributed by atoms with van der Waals surface area (Å²) in [4.78, 5) is 10.5. The Kier molecular flexibility index (Phi) is 4.30. The monoisotopic (exact) mass is 276 g/mol. The van der Waals surface area contributed by atoms with E-state index < -0.39 is 5.97 Å². The second-order valence-corrected chi connectivity index (χ2v) is 4.77. The minimum atomic E-state index is -0.944. The number of thioether (sulfide) groups is 1. The fourth-order valence-electron chi connectivity index (χ4n) is 1.43. The first kappa shape index (κ1) is 13.3. The lowest BCUT2D eigenvalue weighted by Gasteiger charge is -2.03. The van der Waals surface area contributed by atoms with E-state index in [4.69, 9.17) is 5.11 Å². The number of aromatic nitrogens is 4. The van der Waals surface area contributed by atoms with Crippen LogP contribution in [0.25, 0.3) is 5.69 Å². The Morgan fingerprint density at radius 2 is 2.16 bits per heavy atom. The quantitative estimate of drug-likeness (QED) is 0.662. The highest BCUT2D eigenvalue weighted by Gasteiger charge is 2.08. The highest BCUT2D eigenvalue weighted by atomic mass is 32.2. The molecule has 0 aliphatic heterocycles. The van der Waals surface area contributed by atoms with Crippen LogP contribution in [0.4, 0.5) is 0 Å². The number of carbonyl (C=O) groups is 1. The van der Waals surface area contributed by atoms with Crippen molar-refractivity contribution in [3.05, 3.63) is 42.0 Å². The van der Waals surface area contributed by atoms with Gasteiger partial charge >= 0.3 is 5.97 Å². The molecule has 0 amide bonds. The van der Waals surface area contributed by atoms with E-state index in [-0.39, 0.29) is 0 Å². The van der Waals surface area contributed by atoms with Gasteiger partial charge in [-0.1, -0.05) is 35.5 Å². The van der Waals surface area contributed by atoms with Crippen LogP contribution in [0.15, 0.2) is 47.1 Å². The molecule has 0 bridgehead atoms. The van der Waals surface area contributed by atoms with Gasteiger partial charge in [-0.15, -0.1) is 5.10 Å². The number of nitrogens with zero attached hydrogens (tertiary/aromatic N) is 4. The van der Waals surface area contributed by atoms with Crippen molar-refractivity contribution in [1.29, 1.82) is 0 Å². The van der Waals surface area contributed by atoms with Crippen molar-refractivity contribution in [3.63, 3.8) is 0 Å². The molecule has 0 fully saturated rings. The Labute approximate surface area is 114 Å². The smallest absolute Gasteiger partial charge is 0.328 e. The Morgan fingerprint density at radius 3 is 2.84 bits per heavy atom. The lowest BCUT2D eigenvalue weighted by Crippen LogP contribution is -1.99. The first-order valence-electron chi connectivity index (χ1n) is 5.53. The molecule has 0 aliphatic rings. The third-order valence-corrected chi connectivity index (χ3v) is 3.35. The molecule has 2 aromatic rings. The standard InChI is InChI=1S/C12H12N4O2S/c1-9(7-11(17)18)8-19-12-13-14-15-16(12)10-5-3-2-4-6-10/h2-7H,8H2,1H3,(H,17,18). The topological polar surface area (TPSA) is 80.9 Å². The molecule has 98 valence electrons. The van der Waals surface area contributed by atoms with Gasteiger partial charge in [-0.3, -0.25) is 0 Å². The van der Waals surface area contributed by atoms with Crippen LogP contribution >= 0.6 is 11.8 Å². The molecule has 0 radical (unpaired) electrons. The summed E-state index contributed by atoms with van der Waals surface area (Å²) in [5.74, 6) is -0.416. The zero-order valence-electron chi connectivity index (χ0n) is 10.2. The summed E-state index contributed by atoms with van der Waals surface area (Å²) in [6.07, 6.45) is 1.18. The molecule has 7 heteroatoms. The van der Waals surface area contributed by atoms with Crippen LogP contribution in [0.2, 0.25) is 0 Å². The first-order chi connectivity index (χ1) is 9.16. The Balaban J connectivity index is 2.11. The summed E-state index contributed by atoms with van der Waals surface area (Å²) in [5.41, 5.74) is 1.62. The molecule has 0 aliphatic carbocycles. The molecule has 0 unspecified atom stereocenters. The van der Waals surface area contributed by atoms with Gasteiger partial charge < -0.3 is 5.11 Å². The number of hydrogen-bond donors (Lipinski definition) is 1. The van der Waals surface area contributed by atoms with E-state index in [1.54, 1.807) is 11.6 Å². The van der Waals surface area contributed by atoms with E-state index in [0.717, 1.165) is 11.3 Å². The molecule has 0 saturated heterocycles. The van der Waals surface area contributed by atoms with Crippen molar-refractivity contribution >= 4 is 17.7 Å². The van der Waals surface area contributed by atoms with Gasteiger partial charge in [-0.05, 0) is 29.5 Å². The van der Waals surface area contributed by atoms with Crippen molar-refractivity contribution < 1.29 is 9.90 Å². The molecule has 2 rings (SSSR count). The molecule has 6 nitrogen and oxygen atoms in total. The molecule has 1 heterocycles. The van der Waals surface area contributed by atoms with E-state index >= 15 is 0 Å². The second-order valence-electron chi connectivity index (χ2n) is 3.83. The maximum absolute atomic E-state index is 10.5. The van der Waals surface area contributed by atoms with Crippen LogP contribution in [0.3, 0.4) is 0 Å². The summed E-state index contributed by atoms with van der Waals surface area (Å²) >= 11 is 1.39. The molecule has 0 atom stereocenters. The number of tetrazole rings is 1. The molecule has 1 aromatic carbocycles. The molecule has 19 heavy (non-hydrogen) atoms. The highest BCUT2D eigenvalue weighted by Crippen LogP contribution is 2.19. The largest absolute Gasteiger partial charge is 0.478 e. The molecule has 1 N–H and O–H groups in total. The third kappa shape index (κ3) is 3.65. The van der Waals surface area contributed by atoms with Crippen LogP contribution in [0.5, 0.6) is 0 Å². The number of hydrogen-bond acceptors (Lipinski definition) is 5. The fraction of sp³-hybridized carbons (Fsp3) is 0.167. The molecule has 1 aromatic heterocycles. The van der Waals surface area contributed by atoms with Gasteiger partial charge in [-0.25, -0.2) is 4.79 Å². The number of aliphatic carboxylic acids is 1. The first-order valence-corrected chi connectivity index (χ1v) is 6.52. The van der Waals surface area contributed by atoms with Crippen LogP contribution in [-0.2, 0) is 4.79 Å². The average Bonchev–Trinajstić information content (AvgIpc) is 2.85. The van der Waals surface area contributed by atoms with Crippen LogP contribution < -0.4 is 0 Å². The normalized spacial score (nSPS) is 11.5. The molecule has 0 spiro atoms.